The van der Waals surface area contributed by atoms with Crippen LogP contribution < -0.4 is 4.74 Å². The third kappa shape index (κ3) is 4.54. The molecule has 0 aromatic heterocycles. The molecule has 0 bridgehead atoms. The van der Waals surface area contributed by atoms with E-state index in [0.717, 1.165) is 24.3 Å². The average Bonchev–Trinajstić information content (AvgIpc) is 2.27. The zero-order valence-electron chi connectivity index (χ0n) is 9.40. The van der Waals surface area contributed by atoms with Gasteiger partial charge in [0.1, 0.15) is 5.75 Å². The molecule has 0 atom stereocenters. The third-order valence-corrected chi connectivity index (χ3v) is 1.87. The average molecular weight is 206 g/mol. The van der Waals surface area contributed by atoms with Crippen molar-refractivity contribution in [3.05, 3.63) is 36.1 Å². The van der Waals surface area contributed by atoms with Crippen LogP contribution in [0.25, 0.3) is 6.08 Å². The summed E-state index contributed by atoms with van der Waals surface area (Å²) in [7, 11) is 0. The van der Waals surface area contributed by atoms with Crippen molar-refractivity contribution in [1.29, 1.82) is 0 Å². The molecule has 0 N–H and O–H groups in total. The molecule has 0 spiro atoms. The van der Waals surface area contributed by atoms with Crippen LogP contribution in [0.15, 0.2) is 30.5 Å². The maximum atomic E-state index is 5.35. The van der Waals surface area contributed by atoms with Gasteiger partial charge in [-0.05, 0) is 37.1 Å². The molecule has 2 heteroatoms. The SMILES string of the molecule is CCCOC=Cc1ccc(OCC)cc1. The van der Waals surface area contributed by atoms with Crippen molar-refractivity contribution in [3.63, 3.8) is 0 Å². The Labute approximate surface area is 91.5 Å². The van der Waals surface area contributed by atoms with E-state index in [1.807, 2.05) is 37.3 Å². The number of rotatable bonds is 6. The van der Waals surface area contributed by atoms with Crippen molar-refractivity contribution in [1.82, 2.24) is 0 Å². The van der Waals surface area contributed by atoms with Crippen LogP contribution in [0.1, 0.15) is 25.8 Å². The molecule has 0 radical (unpaired) electrons. The molecule has 15 heavy (non-hydrogen) atoms. The second-order valence-corrected chi connectivity index (χ2v) is 3.18. The first-order chi connectivity index (χ1) is 7.36. The predicted molar refractivity (Wildman–Crippen MR) is 62.9 cm³/mol. The number of hydrogen-bond acceptors (Lipinski definition) is 2. The molecule has 1 rings (SSSR count). The van der Waals surface area contributed by atoms with Crippen LogP contribution in [0.3, 0.4) is 0 Å². The number of hydrogen-bond donors (Lipinski definition) is 0. The molecule has 0 heterocycles. The Morgan fingerprint density at radius 2 is 1.87 bits per heavy atom. The molecule has 2 nitrogen and oxygen atoms in total. The molecule has 0 saturated carbocycles. The minimum Gasteiger partial charge on any atom is -0.501 e. The molecule has 0 aliphatic rings. The smallest absolute Gasteiger partial charge is 0.119 e. The first-order valence-electron chi connectivity index (χ1n) is 5.37. The quantitative estimate of drug-likeness (QED) is 0.524. The van der Waals surface area contributed by atoms with E-state index in [0.29, 0.717) is 6.61 Å². The van der Waals surface area contributed by atoms with Crippen LogP contribution in [0.5, 0.6) is 5.75 Å². The van der Waals surface area contributed by atoms with E-state index >= 15 is 0 Å². The van der Waals surface area contributed by atoms with Gasteiger partial charge in [0.15, 0.2) is 0 Å². The van der Waals surface area contributed by atoms with E-state index in [2.05, 4.69) is 6.92 Å². The maximum absolute atomic E-state index is 5.35. The highest BCUT2D eigenvalue weighted by molar-refractivity contribution is 5.49. The Kier molecular flexibility index (Phi) is 5.38. The second kappa shape index (κ2) is 6.93. The number of ether oxygens (including phenoxy) is 2. The molecule has 0 saturated heterocycles. The van der Waals surface area contributed by atoms with Gasteiger partial charge in [-0.3, -0.25) is 0 Å². The Bertz CT molecular complexity index is 288. The Morgan fingerprint density at radius 3 is 2.47 bits per heavy atom. The fourth-order valence-corrected chi connectivity index (χ4v) is 1.15. The van der Waals surface area contributed by atoms with Crippen molar-refractivity contribution >= 4 is 6.08 Å². The topological polar surface area (TPSA) is 18.5 Å². The summed E-state index contributed by atoms with van der Waals surface area (Å²) < 4.78 is 10.6. The lowest BCUT2D eigenvalue weighted by Gasteiger charge is -2.02. The van der Waals surface area contributed by atoms with Crippen LogP contribution in [-0.4, -0.2) is 13.2 Å². The molecular weight excluding hydrogens is 188 g/mol. The maximum Gasteiger partial charge on any atom is 0.119 e. The molecule has 0 amide bonds. The van der Waals surface area contributed by atoms with E-state index in [9.17, 15) is 0 Å². The first-order valence-corrected chi connectivity index (χ1v) is 5.37. The molecule has 0 unspecified atom stereocenters. The zero-order valence-corrected chi connectivity index (χ0v) is 9.40. The van der Waals surface area contributed by atoms with Gasteiger partial charge in [0.05, 0.1) is 19.5 Å². The van der Waals surface area contributed by atoms with Gasteiger partial charge in [-0.25, -0.2) is 0 Å². The largest absolute Gasteiger partial charge is 0.501 e. The van der Waals surface area contributed by atoms with E-state index in [1.165, 1.54) is 0 Å². The Morgan fingerprint density at radius 1 is 1.13 bits per heavy atom. The minimum absolute atomic E-state index is 0.703. The van der Waals surface area contributed by atoms with E-state index in [-0.39, 0.29) is 0 Å². The summed E-state index contributed by atoms with van der Waals surface area (Å²) >= 11 is 0. The van der Waals surface area contributed by atoms with Gasteiger partial charge in [-0.15, -0.1) is 0 Å². The highest BCUT2D eigenvalue weighted by Gasteiger charge is 1.90. The van der Waals surface area contributed by atoms with E-state index in [1.54, 1.807) is 6.26 Å². The van der Waals surface area contributed by atoms with Crippen molar-refractivity contribution < 1.29 is 9.47 Å². The molecule has 0 aliphatic carbocycles. The summed E-state index contributed by atoms with van der Waals surface area (Å²) in [4.78, 5) is 0. The molecule has 0 aliphatic heterocycles. The molecule has 0 fully saturated rings. The van der Waals surface area contributed by atoms with E-state index < -0.39 is 0 Å². The summed E-state index contributed by atoms with van der Waals surface area (Å²) in [5.41, 5.74) is 1.12. The summed E-state index contributed by atoms with van der Waals surface area (Å²) in [5, 5.41) is 0. The molecule has 1 aromatic carbocycles. The summed E-state index contributed by atoms with van der Waals surface area (Å²) in [6, 6.07) is 7.94. The monoisotopic (exact) mass is 206 g/mol. The molecular formula is C13H18O2. The standard InChI is InChI=1S/C13H18O2/c1-3-10-14-11-9-12-5-7-13(8-6-12)15-4-2/h5-9,11H,3-4,10H2,1-2H3. The summed E-state index contributed by atoms with van der Waals surface area (Å²) in [5.74, 6) is 0.907. The van der Waals surface area contributed by atoms with Crippen molar-refractivity contribution in [2.45, 2.75) is 20.3 Å². The molecule has 1 aromatic rings. The van der Waals surface area contributed by atoms with Crippen LogP contribution in [0.2, 0.25) is 0 Å². The van der Waals surface area contributed by atoms with Gasteiger partial charge in [-0.2, -0.15) is 0 Å². The first kappa shape index (κ1) is 11.6. The zero-order chi connectivity index (χ0) is 10.9. The van der Waals surface area contributed by atoms with Gasteiger partial charge >= 0.3 is 0 Å². The van der Waals surface area contributed by atoms with Crippen LogP contribution >= 0.6 is 0 Å². The van der Waals surface area contributed by atoms with Crippen molar-refractivity contribution in [2.24, 2.45) is 0 Å². The highest BCUT2D eigenvalue weighted by Crippen LogP contribution is 2.12. The second-order valence-electron chi connectivity index (χ2n) is 3.18. The van der Waals surface area contributed by atoms with Crippen molar-refractivity contribution in [2.75, 3.05) is 13.2 Å². The van der Waals surface area contributed by atoms with Gasteiger partial charge in [-0.1, -0.05) is 19.1 Å². The van der Waals surface area contributed by atoms with Gasteiger partial charge in [0.25, 0.3) is 0 Å². The lowest BCUT2D eigenvalue weighted by Crippen LogP contribution is -1.90. The van der Waals surface area contributed by atoms with Crippen LogP contribution in [-0.2, 0) is 4.74 Å². The summed E-state index contributed by atoms with van der Waals surface area (Å²) in [6.07, 6.45) is 4.72. The lowest BCUT2D eigenvalue weighted by molar-refractivity contribution is 0.252. The fourth-order valence-electron chi connectivity index (χ4n) is 1.15. The lowest BCUT2D eigenvalue weighted by atomic mass is 10.2. The highest BCUT2D eigenvalue weighted by atomic mass is 16.5. The van der Waals surface area contributed by atoms with Crippen molar-refractivity contribution in [3.8, 4) is 5.75 Å². The molecule has 82 valence electrons. The van der Waals surface area contributed by atoms with Gasteiger partial charge in [0.2, 0.25) is 0 Å². The summed E-state index contributed by atoms with van der Waals surface area (Å²) in [6.45, 7) is 5.54. The normalized spacial score (nSPS) is 10.5. The Balaban J connectivity index is 2.45. The fraction of sp³-hybridized carbons (Fsp3) is 0.385. The van der Waals surface area contributed by atoms with Crippen LogP contribution in [0.4, 0.5) is 0 Å². The minimum atomic E-state index is 0.703. The van der Waals surface area contributed by atoms with Gasteiger partial charge < -0.3 is 9.47 Å². The van der Waals surface area contributed by atoms with Crippen LogP contribution in [0, 0.1) is 0 Å². The number of benzene rings is 1. The third-order valence-electron chi connectivity index (χ3n) is 1.87. The van der Waals surface area contributed by atoms with E-state index in [4.69, 9.17) is 9.47 Å². The Hall–Kier alpha value is -1.44. The predicted octanol–water partition coefficient (Wildman–Crippen LogP) is 3.48. The van der Waals surface area contributed by atoms with Gasteiger partial charge in [0, 0.05) is 0 Å².